The van der Waals surface area contributed by atoms with E-state index in [1.54, 1.807) is 4.90 Å². The number of carbonyl (C=O) groups is 1. The van der Waals surface area contributed by atoms with Crippen LogP contribution >= 0.6 is 0 Å². The van der Waals surface area contributed by atoms with Gasteiger partial charge in [0.15, 0.2) is 0 Å². The van der Waals surface area contributed by atoms with Crippen molar-refractivity contribution in [3.63, 3.8) is 0 Å². The lowest BCUT2D eigenvalue weighted by molar-refractivity contribution is -0.384. The van der Waals surface area contributed by atoms with Gasteiger partial charge in [-0.15, -0.1) is 0 Å². The van der Waals surface area contributed by atoms with E-state index in [1.165, 1.54) is 18.3 Å². The second-order valence-electron chi connectivity index (χ2n) is 6.83. The zero-order chi connectivity index (χ0) is 17.7. The van der Waals surface area contributed by atoms with Crippen LogP contribution < -0.4 is 5.32 Å². The predicted molar refractivity (Wildman–Crippen MR) is 90.0 cm³/mol. The van der Waals surface area contributed by atoms with Crippen molar-refractivity contribution in [2.75, 3.05) is 18.4 Å². The molecular formula is C16H24N4O4. The van der Waals surface area contributed by atoms with E-state index in [2.05, 4.69) is 10.3 Å². The third-order valence-corrected chi connectivity index (χ3v) is 3.74. The number of anilines is 1. The Morgan fingerprint density at radius 3 is 2.92 bits per heavy atom. The maximum absolute atomic E-state index is 12.4. The normalized spacial score (nSPS) is 18.1. The van der Waals surface area contributed by atoms with Gasteiger partial charge < -0.3 is 15.0 Å². The molecule has 0 unspecified atom stereocenters. The summed E-state index contributed by atoms with van der Waals surface area (Å²) in [5, 5.41) is 14.1. The van der Waals surface area contributed by atoms with Crippen molar-refractivity contribution in [3.8, 4) is 0 Å². The van der Waals surface area contributed by atoms with Crippen LogP contribution in [0.15, 0.2) is 18.3 Å². The van der Waals surface area contributed by atoms with Crippen molar-refractivity contribution in [2.24, 2.45) is 0 Å². The molecule has 0 saturated carbocycles. The number of hydrogen-bond acceptors (Lipinski definition) is 6. The van der Waals surface area contributed by atoms with Crippen molar-refractivity contribution < 1.29 is 14.5 Å². The van der Waals surface area contributed by atoms with E-state index < -0.39 is 10.5 Å². The molecule has 2 rings (SSSR count). The lowest BCUT2D eigenvalue weighted by atomic mass is 10.0. The number of rotatable bonds is 4. The molecule has 0 radical (unpaired) electrons. The summed E-state index contributed by atoms with van der Waals surface area (Å²) in [6.45, 7) is 6.53. The summed E-state index contributed by atoms with van der Waals surface area (Å²) >= 11 is 0. The van der Waals surface area contributed by atoms with E-state index >= 15 is 0 Å². The quantitative estimate of drug-likeness (QED) is 0.670. The molecule has 1 fully saturated rings. The fourth-order valence-corrected chi connectivity index (χ4v) is 2.67. The topological polar surface area (TPSA) is 97.6 Å². The van der Waals surface area contributed by atoms with Crippen LogP contribution in [0.4, 0.5) is 16.3 Å². The van der Waals surface area contributed by atoms with Crippen molar-refractivity contribution in [2.45, 2.75) is 51.7 Å². The van der Waals surface area contributed by atoms with Gasteiger partial charge in [0.1, 0.15) is 5.60 Å². The standard InChI is InChI=1S/C16H24N4O4/c1-16(2,3)24-15(21)19-10-5-4-7-12(19)11-18-14-13(20(22)23)8-6-9-17-14/h6,8-9,12H,4-5,7,10-11H2,1-3H3,(H,17,18)/t12-/m0/s1. The fourth-order valence-electron chi connectivity index (χ4n) is 2.67. The highest BCUT2D eigenvalue weighted by Gasteiger charge is 2.30. The molecule has 0 aromatic carbocycles. The zero-order valence-electron chi connectivity index (χ0n) is 14.3. The third kappa shape index (κ3) is 4.81. The van der Waals surface area contributed by atoms with Crippen LogP contribution in [0.5, 0.6) is 0 Å². The number of likely N-dealkylation sites (tertiary alicyclic amines) is 1. The van der Waals surface area contributed by atoms with E-state index in [0.29, 0.717) is 13.1 Å². The van der Waals surface area contributed by atoms with Gasteiger partial charge in [0.2, 0.25) is 5.82 Å². The van der Waals surface area contributed by atoms with Crippen LogP contribution in [-0.4, -0.2) is 45.6 Å². The largest absolute Gasteiger partial charge is 0.444 e. The second-order valence-corrected chi connectivity index (χ2v) is 6.83. The number of ether oxygens (including phenoxy) is 1. The number of piperidine rings is 1. The van der Waals surface area contributed by atoms with Crippen LogP contribution in [0.1, 0.15) is 40.0 Å². The summed E-state index contributed by atoms with van der Waals surface area (Å²) < 4.78 is 5.46. The lowest BCUT2D eigenvalue weighted by Crippen LogP contribution is -2.49. The summed E-state index contributed by atoms with van der Waals surface area (Å²) in [4.78, 5) is 28.7. The van der Waals surface area contributed by atoms with Crippen LogP contribution in [0, 0.1) is 10.1 Å². The van der Waals surface area contributed by atoms with Gasteiger partial charge in [-0.3, -0.25) is 10.1 Å². The molecule has 1 aromatic rings. The Kier molecular flexibility index (Phi) is 5.58. The zero-order valence-corrected chi connectivity index (χ0v) is 14.3. The summed E-state index contributed by atoms with van der Waals surface area (Å²) in [7, 11) is 0. The van der Waals surface area contributed by atoms with E-state index in [9.17, 15) is 14.9 Å². The van der Waals surface area contributed by atoms with Crippen LogP contribution in [0.2, 0.25) is 0 Å². The van der Waals surface area contributed by atoms with E-state index in [0.717, 1.165) is 19.3 Å². The Morgan fingerprint density at radius 1 is 1.50 bits per heavy atom. The Bertz CT molecular complexity index is 600. The summed E-state index contributed by atoms with van der Waals surface area (Å²) in [6, 6.07) is 2.86. The van der Waals surface area contributed by atoms with Gasteiger partial charge in [-0.2, -0.15) is 0 Å². The maximum Gasteiger partial charge on any atom is 0.410 e. The first kappa shape index (κ1) is 18.0. The minimum atomic E-state index is -0.549. The number of nitrogens with zero attached hydrogens (tertiary/aromatic N) is 3. The van der Waals surface area contributed by atoms with Crippen molar-refractivity contribution >= 4 is 17.6 Å². The lowest BCUT2D eigenvalue weighted by Gasteiger charge is -2.36. The van der Waals surface area contributed by atoms with Gasteiger partial charge >= 0.3 is 11.8 Å². The highest BCUT2D eigenvalue weighted by Crippen LogP contribution is 2.23. The molecule has 1 aromatic heterocycles. The van der Waals surface area contributed by atoms with Crippen molar-refractivity contribution in [1.82, 2.24) is 9.88 Å². The van der Waals surface area contributed by atoms with Crippen molar-refractivity contribution in [1.29, 1.82) is 0 Å². The average molecular weight is 336 g/mol. The highest BCUT2D eigenvalue weighted by atomic mass is 16.6. The van der Waals surface area contributed by atoms with Gasteiger partial charge in [0.05, 0.1) is 11.0 Å². The monoisotopic (exact) mass is 336 g/mol. The molecule has 2 heterocycles. The molecule has 0 aliphatic carbocycles. The summed E-state index contributed by atoms with van der Waals surface area (Å²) in [6.07, 6.45) is 3.92. The molecule has 1 saturated heterocycles. The molecular weight excluding hydrogens is 312 g/mol. The van der Waals surface area contributed by atoms with Gasteiger partial charge in [0.25, 0.3) is 0 Å². The predicted octanol–water partition coefficient (Wildman–Crippen LogP) is 3.19. The van der Waals surface area contributed by atoms with E-state index in [4.69, 9.17) is 4.74 Å². The number of amides is 1. The molecule has 1 aliphatic rings. The van der Waals surface area contributed by atoms with E-state index in [-0.39, 0.29) is 23.6 Å². The smallest absolute Gasteiger partial charge is 0.410 e. The number of aromatic nitrogens is 1. The van der Waals surface area contributed by atoms with Crippen LogP contribution in [0.25, 0.3) is 0 Å². The number of hydrogen-bond donors (Lipinski definition) is 1. The molecule has 132 valence electrons. The minimum Gasteiger partial charge on any atom is -0.444 e. The first-order valence-corrected chi connectivity index (χ1v) is 8.11. The van der Waals surface area contributed by atoms with Gasteiger partial charge in [-0.05, 0) is 46.1 Å². The third-order valence-electron chi connectivity index (χ3n) is 3.74. The van der Waals surface area contributed by atoms with E-state index in [1.807, 2.05) is 20.8 Å². The Labute approximate surface area is 141 Å². The summed E-state index contributed by atoms with van der Waals surface area (Å²) in [5.41, 5.74) is -0.621. The molecule has 1 atom stereocenters. The molecule has 1 N–H and O–H groups in total. The Hall–Kier alpha value is -2.38. The Morgan fingerprint density at radius 2 is 2.25 bits per heavy atom. The first-order valence-electron chi connectivity index (χ1n) is 8.11. The number of carbonyl (C=O) groups excluding carboxylic acids is 1. The van der Waals surface area contributed by atoms with Gasteiger partial charge in [-0.25, -0.2) is 9.78 Å². The SMILES string of the molecule is CC(C)(C)OC(=O)N1CCCC[C@H]1CNc1ncccc1[N+](=O)[O-]. The molecule has 0 spiro atoms. The van der Waals surface area contributed by atoms with Crippen LogP contribution in [-0.2, 0) is 4.74 Å². The molecule has 1 amide bonds. The molecule has 1 aliphatic heterocycles. The Balaban J connectivity index is 2.04. The van der Waals surface area contributed by atoms with Crippen molar-refractivity contribution in [3.05, 3.63) is 28.4 Å². The average Bonchev–Trinajstić information content (AvgIpc) is 2.51. The fraction of sp³-hybridized carbons (Fsp3) is 0.625. The molecule has 8 nitrogen and oxygen atoms in total. The number of nitrogens with one attached hydrogen (secondary N) is 1. The molecule has 8 heteroatoms. The second kappa shape index (κ2) is 7.46. The number of pyridine rings is 1. The minimum absolute atomic E-state index is 0.0721. The maximum atomic E-state index is 12.4. The van der Waals surface area contributed by atoms with Gasteiger partial charge in [0, 0.05) is 25.4 Å². The molecule has 0 bridgehead atoms. The summed E-state index contributed by atoms with van der Waals surface area (Å²) in [5.74, 6) is 0.220. The number of nitro groups is 1. The molecule has 24 heavy (non-hydrogen) atoms. The van der Waals surface area contributed by atoms with Crippen LogP contribution in [0.3, 0.4) is 0 Å². The first-order chi connectivity index (χ1) is 11.3. The highest BCUT2D eigenvalue weighted by molar-refractivity contribution is 5.69. The van der Waals surface area contributed by atoms with Gasteiger partial charge in [-0.1, -0.05) is 0 Å².